The first-order chi connectivity index (χ1) is 23.5. The monoisotopic (exact) mass is 638 g/mol. The Balaban J connectivity index is 1.32. The Kier molecular flexibility index (Phi) is 8.81. The maximum atomic E-state index is 13.5. The molecule has 2 heterocycles. The van der Waals surface area contributed by atoms with Gasteiger partial charge in [0.05, 0.1) is 12.7 Å². The van der Waals surface area contributed by atoms with Crippen molar-refractivity contribution in [3.05, 3.63) is 137 Å². The molecule has 0 aromatic heterocycles. The molecule has 244 valence electrons. The normalized spacial score (nSPS) is 15.6. The van der Waals surface area contributed by atoms with Crippen LogP contribution in [-0.2, 0) is 10.3 Å². The number of nitrogens with one attached hydrogen (secondary N) is 1. The van der Waals surface area contributed by atoms with Gasteiger partial charge in [-0.25, -0.2) is 4.79 Å². The number of benzene rings is 5. The van der Waals surface area contributed by atoms with Crippen molar-refractivity contribution in [2.45, 2.75) is 58.0 Å². The highest BCUT2D eigenvalue weighted by Crippen LogP contribution is 2.57. The minimum Gasteiger partial charge on any atom is -0.497 e. The maximum Gasteiger partial charge on any atom is 0.340 e. The Morgan fingerprint density at radius 3 is 2.23 bits per heavy atom. The molecule has 1 atom stereocenters. The number of anilines is 4. The quantitative estimate of drug-likeness (QED) is 0.108. The minimum absolute atomic E-state index is 0.338. The van der Waals surface area contributed by atoms with Gasteiger partial charge in [-0.3, -0.25) is 0 Å². The maximum absolute atomic E-state index is 13.5. The molecule has 1 N–H and O–H groups in total. The predicted molar refractivity (Wildman–Crippen MR) is 193 cm³/mol. The highest BCUT2D eigenvalue weighted by molar-refractivity contribution is 5.97. The summed E-state index contributed by atoms with van der Waals surface area (Å²) in [5, 5.41) is 3.56. The van der Waals surface area contributed by atoms with E-state index in [0.717, 1.165) is 63.7 Å². The fraction of sp³-hybridized carbons (Fsp3) is 0.262. The molecule has 0 saturated heterocycles. The van der Waals surface area contributed by atoms with Crippen LogP contribution in [0.1, 0.15) is 78.1 Å². The number of ether oxygens (including phenoxy) is 3. The van der Waals surface area contributed by atoms with Crippen LogP contribution in [0.3, 0.4) is 0 Å². The summed E-state index contributed by atoms with van der Waals surface area (Å²) in [7, 11) is 1.69. The fourth-order valence-electron chi connectivity index (χ4n) is 7.01. The summed E-state index contributed by atoms with van der Waals surface area (Å²) in [5.41, 5.74) is 6.86. The third kappa shape index (κ3) is 5.76. The molecule has 0 bridgehead atoms. The summed E-state index contributed by atoms with van der Waals surface area (Å²) in [6.45, 7) is 5.18. The molecular weight excluding hydrogens is 596 g/mol. The molecule has 5 aromatic carbocycles. The SMILES string of the molecule is CCCCCCCCN(c1ccc(OC)cc1)c1ccc2c(c1)Oc1cc(C)c(Nc3ccccc3)cc1C21OC(=O)c2ccccc21. The van der Waals surface area contributed by atoms with Gasteiger partial charge in [-0.05, 0) is 85.6 Å². The molecule has 2 aliphatic heterocycles. The van der Waals surface area contributed by atoms with E-state index in [9.17, 15) is 4.79 Å². The number of nitrogens with zero attached hydrogens (tertiary/aromatic N) is 1. The molecule has 7 rings (SSSR count). The van der Waals surface area contributed by atoms with Crippen LogP contribution in [0.2, 0.25) is 0 Å². The van der Waals surface area contributed by atoms with Gasteiger partial charge in [0.2, 0.25) is 0 Å². The smallest absolute Gasteiger partial charge is 0.340 e. The zero-order chi connectivity index (χ0) is 33.1. The van der Waals surface area contributed by atoms with Crippen molar-refractivity contribution in [2.75, 3.05) is 23.9 Å². The van der Waals surface area contributed by atoms with Crippen molar-refractivity contribution in [1.82, 2.24) is 0 Å². The van der Waals surface area contributed by atoms with Gasteiger partial charge in [-0.15, -0.1) is 0 Å². The minimum atomic E-state index is -1.15. The highest BCUT2D eigenvalue weighted by atomic mass is 16.6. The summed E-state index contributed by atoms with van der Waals surface area (Å²) in [4.78, 5) is 15.9. The largest absolute Gasteiger partial charge is 0.497 e. The number of carbonyl (C=O) groups excluding carboxylic acids is 1. The Morgan fingerprint density at radius 2 is 1.44 bits per heavy atom. The number of para-hydroxylation sites is 1. The molecule has 2 aliphatic rings. The third-order valence-corrected chi connectivity index (χ3v) is 9.53. The number of carbonyl (C=O) groups is 1. The molecule has 6 heteroatoms. The molecule has 48 heavy (non-hydrogen) atoms. The van der Waals surface area contributed by atoms with Crippen LogP contribution in [0.15, 0.2) is 109 Å². The standard InChI is InChI=1S/C42H42N2O4/c1-4-5-6-7-8-14-25-44(31-19-22-33(46-3)23-20-31)32-21-24-36-40(27-32)47-39-26-29(2)38(43-30-15-10-9-11-16-30)28-37(39)42(36)35-18-13-12-17-34(35)41(45)48-42/h9-13,15-24,26-28,43H,4-8,14,25H2,1-3H3. The van der Waals surface area contributed by atoms with E-state index in [2.05, 4.69) is 60.5 Å². The Labute approximate surface area is 283 Å². The zero-order valence-electron chi connectivity index (χ0n) is 27.9. The van der Waals surface area contributed by atoms with Crippen LogP contribution in [-0.4, -0.2) is 19.6 Å². The fourth-order valence-corrected chi connectivity index (χ4v) is 7.01. The van der Waals surface area contributed by atoms with Crippen molar-refractivity contribution in [3.8, 4) is 17.2 Å². The number of rotatable bonds is 12. The Hall–Kier alpha value is -5.23. The summed E-state index contributed by atoms with van der Waals surface area (Å²) in [6.07, 6.45) is 7.28. The van der Waals surface area contributed by atoms with Gasteiger partial charge < -0.3 is 24.4 Å². The van der Waals surface area contributed by atoms with Gasteiger partial charge in [0, 0.05) is 52.1 Å². The van der Waals surface area contributed by atoms with E-state index in [4.69, 9.17) is 14.2 Å². The van der Waals surface area contributed by atoms with E-state index in [1.54, 1.807) is 7.11 Å². The first-order valence-electron chi connectivity index (χ1n) is 17.1. The molecule has 0 radical (unpaired) electrons. The lowest BCUT2D eigenvalue weighted by atomic mass is 9.77. The van der Waals surface area contributed by atoms with Crippen molar-refractivity contribution in [1.29, 1.82) is 0 Å². The Morgan fingerprint density at radius 1 is 0.729 bits per heavy atom. The molecule has 0 saturated carbocycles. The first-order valence-corrected chi connectivity index (χ1v) is 17.1. The average molecular weight is 639 g/mol. The number of unbranched alkanes of at least 4 members (excludes halogenated alkanes) is 5. The van der Waals surface area contributed by atoms with Crippen LogP contribution in [0.5, 0.6) is 17.2 Å². The molecular formula is C42H42N2O4. The van der Waals surface area contributed by atoms with Gasteiger partial charge in [0.15, 0.2) is 5.60 Å². The summed E-state index contributed by atoms with van der Waals surface area (Å²) < 4.78 is 18.7. The van der Waals surface area contributed by atoms with Crippen LogP contribution in [0.4, 0.5) is 22.7 Å². The summed E-state index contributed by atoms with van der Waals surface area (Å²) in [6, 6.07) is 36.4. The van der Waals surface area contributed by atoms with E-state index in [-0.39, 0.29) is 5.97 Å². The van der Waals surface area contributed by atoms with Crippen molar-refractivity contribution in [3.63, 3.8) is 0 Å². The van der Waals surface area contributed by atoms with E-state index >= 15 is 0 Å². The second-order valence-electron chi connectivity index (χ2n) is 12.7. The molecule has 1 spiro atoms. The number of methoxy groups -OCH3 is 1. The Bertz CT molecular complexity index is 1920. The lowest BCUT2D eigenvalue weighted by Crippen LogP contribution is -2.33. The van der Waals surface area contributed by atoms with Gasteiger partial charge in [-0.2, -0.15) is 0 Å². The van der Waals surface area contributed by atoms with Crippen molar-refractivity contribution < 1.29 is 19.0 Å². The number of fused-ring (bicyclic) bond motifs is 6. The molecule has 0 amide bonds. The summed E-state index contributed by atoms with van der Waals surface area (Å²) in [5.74, 6) is 1.83. The first kappa shape index (κ1) is 31.4. The zero-order valence-corrected chi connectivity index (χ0v) is 27.9. The molecule has 6 nitrogen and oxygen atoms in total. The van der Waals surface area contributed by atoms with Gasteiger partial charge in [0.25, 0.3) is 0 Å². The highest BCUT2D eigenvalue weighted by Gasteiger charge is 2.53. The van der Waals surface area contributed by atoms with Crippen LogP contribution in [0.25, 0.3) is 0 Å². The van der Waals surface area contributed by atoms with E-state index < -0.39 is 5.60 Å². The van der Waals surface area contributed by atoms with Crippen LogP contribution in [0, 0.1) is 6.92 Å². The van der Waals surface area contributed by atoms with Crippen molar-refractivity contribution >= 4 is 28.7 Å². The van der Waals surface area contributed by atoms with Crippen LogP contribution < -0.4 is 19.7 Å². The molecule has 5 aromatic rings. The second-order valence-corrected chi connectivity index (χ2v) is 12.7. The second kappa shape index (κ2) is 13.5. The van der Waals surface area contributed by atoms with Gasteiger partial charge in [0.1, 0.15) is 17.2 Å². The number of hydrogen-bond donors (Lipinski definition) is 1. The number of esters is 1. The molecule has 1 unspecified atom stereocenters. The van der Waals surface area contributed by atoms with Crippen molar-refractivity contribution in [2.24, 2.45) is 0 Å². The number of aryl methyl sites for hydroxylation is 1. The third-order valence-electron chi connectivity index (χ3n) is 9.53. The molecule has 0 aliphatic carbocycles. The summed E-state index contributed by atoms with van der Waals surface area (Å²) >= 11 is 0. The van der Waals surface area contributed by atoms with E-state index in [1.165, 1.54) is 32.1 Å². The van der Waals surface area contributed by atoms with Gasteiger partial charge in [-0.1, -0.05) is 75.4 Å². The average Bonchev–Trinajstić information content (AvgIpc) is 3.41. The topological polar surface area (TPSA) is 60.0 Å². The van der Waals surface area contributed by atoms with Gasteiger partial charge >= 0.3 is 5.97 Å². The lowest BCUT2D eigenvalue weighted by Gasteiger charge is -2.38. The van der Waals surface area contributed by atoms with Crippen LogP contribution >= 0.6 is 0 Å². The lowest BCUT2D eigenvalue weighted by molar-refractivity contribution is 0.0224. The predicted octanol–water partition coefficient (Wildman–Crippen LogP) is 10.8. The number of hydrogen-bond acceptors (Lipinski definition) is 6. The van der Waals surface area contributed by atoms with E-state index in [0.29, 0.717) is 17.1 Å². The van der Waals surface area contributed by atoms with E-state index in [1.807, 2.05) is 72.8 Å². The molecule has 0 fully saturated rings.